The van der Waals surface area contributed by atoms with E-state index in [2.05, 4.69) is 34.6 Å². The molecule has 0 amide bonds. The number of esters is 2. The summed E-state index contributed by atoms with van der Waals surface area (Å²) in [7, 11) is 0. The summed E-state index contributed by atoms with van der Waals surface area (Å²) in [6.07, 6.45) is 8.36. The third-order valence-corrected chi connectivity index (χ3v) is 12.5. The summed E-state index contributed by atoms with van der Waals surface area (Å²) in [6, 6.07) is 0. The first-order chi connectivity index (χ1) is 16.9. The van der Waals surface area contributed by atoms with E-state index in [0.717, 1.165) is 68.9 Å². The van der Waals surface area contributed by atoms with Crippen molar-refractivity contribution >= 4 is 11.9 Å². The summed E-state index contributed by atoms with van der Waals surface area (Å²) >= 11 is 0. The number of hydrogen-bond donors (Lipinski definition) is 1. The SMILES string of the molecule is CCCC(=O)OC1CCC2(C)C(CCC3(C)C2CC(O)C2(C)C4=C(CCC32)C(C)OC4=O)C1(C)CC. The summed E-state index contributed by atoms with van der Waals surface area (Å²) in [6.45, 7) is 15.7. The van der Waals surface area contributed by atoms with Crippen LogP contribution in [0.1, 0.15) is 113 Å². The fourth-order valence-electron chi connectivity index (χ4n) is 10.6. The van der Waals surface area contributed by atoms with Gasteiger partial charge in [-0.3, -0.25) is 4.79 Å². The molecule has 0 aromatic heterocycles. The quantitative estimate of drug-likeness (QED) is 0.454. The van der Waals surface area contributed by atoms with Crippen LogP contribution in [0, 0.1) is 39.4 Å². The maximum Gasteiger partial charge on any atom is 0.335 e. The van der Waals surface area contributed by atoms with Crippen LogP contribution in [0.5, 0.6) is 0 Å². The van der Waals surface area contributed by atoms with E-state index in [1.54, 1.807) is 0 Å². The average molecular weight is 501 g/mol. The highest BCUT2D eigenvalue weighted by atomic mass is 16.6. The normalized spacial score (nSPS) is 49.9. The van der Waals surface area contributed by atoms with Crippen molar-refractivity contribution in [2.24, 2.45) is 39.4 Å². The van der Waals surface area contributed by atoms with Gasteiger partial charge in [-0.25, -0.2) is 4.79 Å². The molecule has 36 heavy (non-hydrogen) atoms. The summed E-state index contributed by atoms with van der Waals surface area (Å²) in [5, 5.41) is 11.9. The number of hydrogen-bond acceptors (Lipinski definition) is 5. The second-order valence-electron chi connectivity index (χ2n) is 13.9. The van der Waals surface area contributed by atoms with Gasteiger partial charge in [0.25, 0.3) is 0 Å². The van der Waals surface area contributed by atoms with Crippen molar-refractivity contribution in [1.29, 1.82) is 0 Å². The summed E-state index contributed by atoms with van der Waals surface area (Å²) in [5.41, 5.74) is 1.47. The zero-order valence-electron chi connectivity index (χ0n) is 23.6. The number of carbonyl (C=O) groups excluding carboxylic acids is 2. The Labute approximate surface area is 217 Å². The Balaban J connectivity index is 1.51. The van der Waals surface area contributed by atoms with Crippen molar-refractivity contribution in [2.45, 2.75) is 131 Å². The van der Waals surface area contributed by atoms with E-state index >= 15 is 0 Å². The van der Waals surface area contributed by atoms with Crippen LogP contribution >= 0.6 is 0 Å². The minimum atomic E-state index is -0.549. The molecular weight excluding hydrogens is 452 g/mol. The molecule has 1 N–H and O–H groups in total. The van der Waals surface area contributed by atoms with Gasteiger partial charge in [-0.1, -0.05) is 41.5 Å². The molecule has 5 nitrogen and oxygen atoms in total. The molecule has 10 unspecified atom stereocenters. The Kier molecular flexibility index (Phi) is 6.26. The molecular formula is C31H48O5. The van der Waals surface area contributed by atoms with Crippen LogP contribution in [0.2, 0.25) is 0 Å². The molecule has 3 fully saturated rings. The third kappa shape index (κ3) is 3.29. The fourth-order valence-corrected chi connectivity index (χ4v) is 10.6. The van der Waals surface area contributed by atoms with Crippen molar-refractivity contribution in [3.8, 4) is 0 Å². The van der Waals surface area contributed by atoms with Crippen molar-refractivity contribution in [2.75, 3.05) is 0 Å². The predicted octanol–water partition coefficient (Wildman–Crippen LogP) is 6.37. The molecule has 4 aliphatic carbocycles. The van der Waals surface area contributed by atoms with Crippen LogP contribution in [0.25, 0.3) is 0 Å². The minimum Gasteiger partial charge on any atom is -0.462 e. The predicted molar refractivity (Wildman–Crippen MR) is 139 cm³/mol. The van der Waals surface area contributed by atoms with Crippen molar-refractivity contribution in [3.63, 3.8) is 0 Å². The molecule has 0 radical (unpaired) electrons. The zero-order chi connectivity index (χ0) is 26.3. The van der Waals surface area contributed by atoms with Gasteiger partial charge in [-0.2, -0.15) is 0 Å². The number of fused-ring (bicyclic) bond motifs is 6. The number of rotatable bonds is 4. The summed E-state index contributed by atoms with van der Waals surface area (Å²) in [5.74, 6) is 0.846. The summed E-state index contributed by atoms with van der Waals surface area (Å²) in [4.78, 5) is 25.6. The second kappa shape index (κ2) is 8.58. The van der Waals surface area contributed by atoms with Gasteiger partial charge in [0, 0.05) is 22.8 Å². The molecule has 3 saturated carbocycles. The van der Waals surface area contributed by atoms with Gasteiger partial charge in [0.2, 0.25) is 0 Å². The van der Waals surface area contributed by atoms with Crippen molar-refractivity contribution in [1.82, 2.24) is 0 Å². The van der Waals surface area contributed by atoms with E-state index in [1.165, 1.54) is 0 Å². The number of aliphatic hydroxyl groups is 1. The molecule has 1 heterocycles. The monoisotopic (exact) mass is 500 g/mol. The number of aliphatic hydroxyl groups excluding tert-OH is 1. The molecule has 0 saturated heterocycles. The lowest BCUT2D eigenvalue weighted by atomic mass is 9.34. The van der Waals surface area contributed by atoms with E-state index in [1.807, 2.05) is 13.8 Å². The van der Waals surface area contributed by atoms with Gasteiger partial charge in [-0.05, 0) is 98.9 Å². The van der Waals surface area contributed by atoms with Crippen LogP contribution < -0.4 is 0 Å². The number of cyclic esters (lactones) is 1. The fraction of sp³-hybridized carbons (Fsp3) is 0.871. The molecule has 0 bridgehead atoms. The zero-order valence-corrected chi connectivity index (χ0v) is 23.6. The van der Waals surface area contributed by atoms with E-state index in [0.29, 0.717) is 18.3 Å². The topological polar surface area (TPSA) is 72.8 Å². The van der Waals surface area contributed by atoms with E-state index < -0.39 is 11.5 Å². The number of ether oxygens (including phenoxy) is 2. The van der Waals surface area contributed by atoms with Gasteiger partial charge >= 0.3 is 11.9 Å². The molecule has 0 spiro atoms. The lowest BCUT2D eigenvalue weighted by molar-refractivity contribution is -0.239. The minimum absolute atomic E-state index is 0.0279. The molecule has 0 aromatic rings. The first-order valence-electron chi connectivity index (χ1n) is 14.7. The Morgan fingerprint density at radius 1 is 1.03 bits per heavy atom. The van der Waals surface area contributed by atoms with Gasteiger partial charge in [0.05, 0.1) is 6.10 Å². The van der Waals surface area contributed by atoms with E-state index in [9.17, 15) is 14.7 Å². The Bertz CT molecular complexity index is 970. The van der Waals surface area contributed by atoms with Crippen LogP contribution in [-0.4, -0.2) is 35.4 Å². The van der Waals surface area contributed by atoms with Crippen LogP contribution in [0.3, 0.4) is 0 Å². The highest BCUT2D eigenvalue weighted by Crippen LogP contribution is 2.74. The van der Waals surface area contributed by atoms with Gasteiger partial charge in [0.1, 0.15) is 12.2 Å². The van der Waals surface area contributed by atoms with E-state index in [-0.39, 0.29) is 46.3 Å². The molecule has 0 aromatic carbocycles. The van der Waals surface area contributed by atoms with Gasteiger partial charge in [0.15, 0.2) is 0 Å². The molecule has 10 atom stereocenters. The Morgan fingerprint density at radius 2 is 1.69 bits per heavy atom. The first kappa shape index (κ1) is 26.3. The van der Waals surface area contributed by atoms with Gasteiger partial charge < -0.3 is 14.6 Å². The largest absolute Gasteiger partial charge is 0.462 e. The highest BCUT2D eigenvalue weighted by Gasteiger charge is 2.70. The lowest BCUT2D eigenvalue weighted by Crippen LogP contribution is -2.67. The number of carbonyl (C=O) groups is 2. The maximum absolute atomic E-state index is 13.0. The van der Waals surface area contributed by atoms with Crippen LogP contribution in [0.15, 0.2) is 11.1 Å². The first-order valence-corrected chi connectivity index (χ1v) is 14.7. The average Bonchev–Trinajstić information content (AvgIpc) is 3.12. The highest BCUT2D eigenvalue weighted by molar-refractivity contribution is 5.94. The smallest absolute Gasteiger partial charge is 0.335 e. The van der Waals surface area contributed by atoms with Crippen molar-refractivity contribution in [3.05, 3.63) is 11.1 Å². The third-order valence-electron chi connectivity index (χ3n) is 12.5. The summed E-state index contributed by atoms with van der Waals surface area (Å²) < 4.78 is 11.8. The van der Waals surface area contributed by atoms with Crippen LogP contribution in [0.4, 0.5) is 0 Å². The maximum atomic E-state index is 13.0. The standard InChI is InChI=1S/C31H48O5/c1-8-10-25(33)36-24-14-16-29(5)20(28(24,4)9-2)13-15-30(6)21-12-11-19-18(3)35-27(34)26(19)31(21,7)23(32)17-22(29)30/h18,20-24,32H,8-17H2,1-7H3. The molecule has 1 aliphatic heterocycles. The van der Waals surface area contributed by atoms with Crippen LogP contribution in [-0.2, 0) is 19.1 Å². The molecule has 5 heteroatoms. The Morgan fingerprint density at radius 3 is 2.36 bits per heavy atom. The molecule has 5 rings (SSSR count). The lowest BCUT2D eigenvalue weighted by Gasteiger charge is -2.70. The second-order valence-corrected chi connectivity index (χ2v) is 13.9. The van der Waals surface area contributed by atoms with E-state index in [4.69, 9.17) is 9.47 Å². The van der Waals surface area contributed by atoms with Crippen molar-refractivity contribution < 1.29 is 24.2 Å². The molecule has 5 aliphatic rings. The van der Waals surface area contributed by atoms with Gasteiger partial charge in [-0.15, -0.1) is 0 Å². The molecule has 202 valence electrons. The Hall–Kier alpha value is -1.36.